The minimum atomic E-state index is -0.604. The van der Waals surface area contributed by atoms with Gasteiger partial charge in [-0.25, -0.2) is 0 Å². The molecule has 0 aliphatic heterocycles. The van der Waals surface area contributed by atoms with Gasteiger partial charge in [0.1, 0.15) is 11.8 Å². The average molecular weight is 417 g/mol. The third kappa shape index (κ3) is 5.97. The first-order valence-corrected chi connectivity index (χ1v) is 10.2. The summed E-state index contributed by atoms with van der Waals surface area (Å²) < 4.78 is 5.86. The van der Waals surface area contributed by atoms with E-state index in [2.05, 4.69) is 19.2 Å². The van der Waals surface area contributed by atoms with Crippen LogP contribution in [-0.2, 0) is 16.1 Å². The van der Waals surface area contributed by atoms with E-state index in [1.165, 1.54) is 4.90 Å². The summed E-state index contributed by atoms with van der Waals surface area (Å²) in [6.07, 6.45) is 0.485. The van der Waals surface area contributed by atoms with Crippen LogP contribution in [0.25, 0.3) is 0 Å². The second-order valence-electron chi connectivity index (χ2n) is 7.13. The van der Waals surface area contributed by atoms with Crippen LogP contribution in [0.1, 0.15) is 44.2 Å². The molecule has 0 bridgehead atoms. The maximum absolute atomic E-state index is 13.1. The molecular formula is C23H29ClN2O3. The first kappa shape index (κ1) is 22.8. The van der Waals surface area contributed by atoms with Crippen LogP contribution in [0.4, 0.5) is 0 Å². The van der Waals surface area contributed by atoms with Crippen LogP contribution < -0.4 is 10.1 Å². The third-order valence-electron chi connectivity index (χ3n) is 4.82. The smallest absolute Gasteiger partial charge is 0.261 e. The highest BCUT2D eigenvalue weighted by molar-refractivity contribution is 6.31. The van der Waals surface area contributed by atoms with Crippen molar-refractivity contribution in [1.82, 2.24) is 10.2 Å². The molecular weight excluding hydrogens is 388 g/mol. The summed E-state index contributed by atoms with van der Waals surface area (Å²) in [5.74, 6) is 0.478. The van der Waals surface area contributed by atoms with E-state index in [4.69, 9.17) is 16.3 Å². The Morgan fingerprint density at radius 2 is 1.76 bits per heavy atom. The van der Waals surface area contributed by atoms with Crippen molar-refractivity contribution in [3.05, 3.63) is 64.7 Å². The fraction of sp³-hybridized carbons (Fsp3) is 0.391. The minimum Gasteiger partial charge on any atom is -0.483 e. The van der Waals surface area contributed by atoms with Crippen LogP contribution in [-0.4, -0.2) is 36.4 Å². The van der Waals surface area contributed by atoms with Crippen molar-refractivity contribution in [1.29, 1.82) is 0 Å². The molecule has 0 radical (unpaired) electrons. The molecule has 0 aliphatic carbocycles. The van der Waals surface area contributed by atoms with E-state index in [9.17, 15) is 9.59 Å². The average Bonchev–Trinajstić information content (AvgIpc) is 2.73. The van der Waals surface area contributed by atoms with E-state index in [0.717, 1.165) is 11.1 Å². The summed E-state index contributed by atoms with van der Waals surface area (Å²) in [5.41, 5.74) is 1.82. The number of benzene rings is 2. The highest BCUT2D eigenvalue weighted by atomic mass is 35.5. The SMILES string of the molecule is CC[C@@H](C(=O)NC)N(Cc1ccccc1Cl)C(=O)COc1ccccc1C(C)C. The summed E-state index contributed by atoms with van der Waals surface area (Å²) in [4.78, 5) is 27.1. The molecule has 2 rings (SSSR count). The predicted octanol–water partition coefficient (Wildman–Crippen LogP) is 4.40. The Hall–Kier alpha value is -2.53. The van der Waals surface area contributed by atoms with Gasteiger partial charge in [-0.1, -0.05) is 68.8 Å². The topological polar surface area (TPSA) is 58.6 Å². The van der Waals surface area contributed by atoms with Crippen LogP contribution in [0, 0.1) is 0 Å². The van der Waals surface area contributed by atoms with E-state index in [-0.39, 0.29) is 30.9 Å². The first-order valence-electron chi connectivity index (χ1n) is 9.85. The third-order valence-corrected chi connectivity index (χ3v) is 5.19. The fourth-order valence-corrected chi connectivity index (χ4v) is 3.40. The Kier molecular flexibility index (Phi) is 8.52. The van der Waals surface area contributed by atoms with Crippen molar-refractivity contribution in [2.75, 3.05) is 13.7 Å². The Morgan fingerprint density at radius 1 is 1.10 bits per heavy atom. The van der Waals surface area contributed by atoms with Crippen LogP contribution in [0.3, 0.4) is 0 Å². The fourth-order valence-electron chi connectivity index (χ4n) is 3.21. The predicted molar refractivity (Wildman–Crippen MR) is 116 cm³/mol. The zero-order valence-electron chi connectivity index (χ0n) is 17.4. The molecule has 2 aromatic carbocycles. The molecule has 0 saturated heterocycles. The van der Waals surface area contributed by atoms with Gasteiger partial charge in [-0.15, -0.1) is 0 Å². The maximum atomic E-state index is 13.1. The first-order chi connectivity index (χ1) is 13.9. The second-order valence-corrected chi connectivity index (χ2v) is 7.54. The zero-order chi connectivity index (χ0) is 21.4. The van der Waals surface area contributed by atoms with Crippen molar-refractivity contribution in [2.24, 2.45) is 0 Å². The molecule has 2 aromatic rings. The molecule has 0 aromatic heterocycles. The Balaban J connectivity index is 2.24. The van der Waals surface area contributed by atoms with Gasteiger partial charge >= 0.3 is 0 Å². The molecule has 5 nitrogen and oxygen atoms in total. The number of halogens is 1. The number of ether oxygens (including phenoxy) is 1. The molecule has 2 amide bonds. The lowest BCUT2D eigenvalue weighted by atomic mass is 10.0. The maximum Gasteiger partial charge on any atom is 0.261 e. The quantitative estimate of drug-likeness (QED) is 0.659. The number of likely N-dealkylation sites (N-methyl/N-ethyl adjacent to an activating group) is 1. The number of nitrogens with zero attached hydrogens (tertiary/aromatic N) is 1. The normalized spacial score (nSPS) is 11.8. The highest BCUT2D eigenvalue weighted by Gasteiger charge is 2.29. The number of amides is 2. The molecule has 1 atom stereocenters. The van der Waals surface area contributed by atoms with Gasteiger partial charge in [-0.3, -0.25) is 9.59 Å². The van der Waals surface area contributed by atoms with E-state index in [1.807, 2.05) is 49.4 Å². The molecule has 0 unspecified atom stereocenters. The molecule has 0 fully saturated rings. The summed E-state index contributed by atoms with van der Waals surface area (Å²) >= 11 is 6.29. The number of hydrogen-bond acceptors (Lipinski definition) is 3. The lowest BCUT2D eigenvalue weighted by Crippen LogP contribution is -2.49. The number of nitrogens with one attached hydrogen (secondary N) is 1. The van der Waals surface area contributed by atoms with Gasteiger partial charge in [-0.05, 0) is 35.6 Å². The Labute approximate surface area is 178 Å². The van der Waals surface area contributed by atoms with Gasteiger partial charge in [0.05, 0.1) is 0 Å². The van der Waals surface area contributed by atoms with Crippen molar-refractivity contribution in [3.63, 3.8) is 0 Å². The van der Waals surface area contributed by atoms with Crippen LogP contribution in [0.15, 0.2) is 48.5 Å². The van der Waals surface area contributed by atoms with E-state index in [1.54, 1.807) is 13.1 Å². The highest BCUT2D eigenvalue weighted by Crippen LogP contribution is 2.26. The minimum absolute atomic E-state index is 0.151. The summed E-state index contributed by atoms with van der Waals surface area (Å²) in [5, 5.41) is 3.20. The molecule has 0 heterocycles. The Bertz CT molecular complexity index is 838. The van der Waals surface area contributed by atoms with Crippen molar-refractivity contribution < 1.29 is 14.3 Å². The Morgan fingerprint density at radius 3 is 2.38 bits per heavy atom. The summed E-state index contributed by atoms with van der Waals surface area (Å²) in [6.45, 7) is 6.11. The van der Waals surface area contributed by atoms with E-state index < -0.39 is 6.04 Å². The summed E-state index contributed by atoms with van der Waals surface area (Å²) in [6, 6.07) is 14.4. The molecule has 1 N–H and O–H groups in total. The second kappa shape index (κ2) is 10.9. The zero-order valence-corrected chi connectivity index (χ0v) is 18.2. The molecule has 0 spiro atoms. The number of carbonyl (C=O) groups excluding carboxylic acids is 2. The number of carbonyl (C=O) groups is 2. The van der Waals surface area contributed by atoms with E-state index >= 15 is 0 Å². The molecule has 156 valence electrons. The summed E-state index contributed by atoms with van der Waals surface area (Å²) in [7, 11) is 1.57. The van der Waals surface area contributed by atoms with Crippen molar-refractivity contribution in [2.45, 2.75) is 45.7 Å². The largest absolute Gasteiger partial charge is 0.483 e. The molecule has 0 saturated carbocycles. The van der Waals surface area contributed by atoms with E-state index in [0.29, 0.717) is 17.2 Å². The van der Waals surface area contributed by atoms with Gasteiger partial charge in [-0.2, -0.15) is 0 Å². The van der Waals surface area contributed by atoms with Crippen molar-refractivity contribution in [3.8, 4) is 5.75 Å². The number of rotatable bonds is 9. The molecule has 6 heteroatoms. The van der Waals surface area contributed by atoms with Crippen LogP contribution in [0.2, 0.25) is 5.02 Å². The van der Waals surface area contributed by atoms with Gasteiger partial charge in [0.15, 0.2) is 6.61 Å². The monoisotopic (exact) mass is 416 g/mol. The lowest BCUT2D eigenvalue weighted by Gasteiger charge is -2.30. The van der Waals surface area contributed by atoms with Gasteiger partial charge in [0.2, 0.25) is 5.91 Å². The molecule has 29 heavy (non-hydrogen) atoms. The molecule has 0 aliphatic rings. The van der Waals surface area contributed by atoms with Crippen LogP contribution in [0.5, 0.6) is 5.75 Å². The van der Waals surface area contributed by atoms with Crippen molar-refractivity contribution >= 4 is 23.4 Å². The van der Waals surface area contributed by atoms with Crippen LogP contribution >= 0.6 is 11.6 Å². The standard InChI is InChI=1S/C23H29ClN2O3/c1-5-20(23(28)25-4)26(14-17-10-6-8-12-19(17)24)22(27)15-29-21-13-9-7-11-18(21)16(2)3/h6-13,16,20H,5,14-15H2,1-4H3,(H,25,28)/t20-/m0/s1. The van der Waals surface area contributed by atoms with Gasteiger partial charge < -0.3 is 15.0 Å². The van der Waals surface area contributed by atoms with Gasteiger partial charge in [0, 0.05) is 18.6 Å². The van der Waals surface area contributed by atoms with Gasteiger partial charge in [0.25, 0.3) is 5.91 Å². The lowest BCUT2D eigenvalue weighted by molar-refractivity contribution is -0.142. The number of hydrogen-bond donors (Lipinski definition) is 1. The number of para-hydroxylation sites is 1.